The first-order chi connectivity index (χ1) is 11.1. The van der Waals surface area contributed by atoms with Crippen LogP contribution in [0.4, 0.5) is 0 Å². The molecule has 120 valence electrons. The van der Waals surface area contributed by atoms with E-state index in [4.69, 9.17) is 33.0 Å². The Morgan fingerprint density at radius 2 is 2.22 bits per heavy atom. The number of halogens is 1. The van der Waals surface area contributed by atoms with Crippen LogP contribution in [-0.2, 0) is 6.54 Å². The van der Waals surface area contributed by atoms with Crippen molar-refractivity contribution >= 4 is 23.8 Å². The van der Waals surface area contributed by atoms with Crippen molar-refractivity contribution in [3.8, 4) is 17.1 Å². The maximum Gasteiger partial charge on any atom is 0.214 e. The van der Waals surface area contributed by atoms with Gasteiger partial charge in [-0.3, -0.25) is 5.10 Å². The van der Waals surface area contributed by atoms with E-state index in [9.17, 15) is 0 Å². The number of nitrogens with zero attached hydrogens (tertiary/aromatic N) is 2. The molecular weight excluding hydrogens is 336 g/mol. The van der Waals surface area contributed by atoms with E-state index in [2.05, 4.69) is 15.6 Å². The molecule has 0 saturated carbocycles. The third kappa shape index (κ3) is 3.25. The molecule has 0 aliphatic carbocycles. The van der Waals surface area contributed by atoms with E-state index in [1.54, 1.807) is 11.8 Å². The van der Waals surface area contributed by atoms with Gasteiger partial charge in [-0.05, 0) is 49.5 Å². The van der Waals surface area contributed by atoms with Crippen LogP contribution in [-0.4, -0.2) is 22.0 Å². The number of rotatable bonds is 5. The van der Waals surface area contributed by atoms with Crippen LogP contribution in [0.15, 0.2) is 34.7 Å². The quantitative estimate of drug-likeness (QED) is 0.683. The predicted octanol–water partition coefficient (Wildman–Crippen LogP) is 3.91. The molecule has 23 heavy (non-hydrogen) atoms. The Morgan fingerprint density at radius 3 is 2.87 bits per heavy atom. The molecule has 0 amide bonds. The second-order valence-corrected chi connectivity index (χ2v) is 5.66. The Kier molecular flexibility index (Phi) is 4.40. The minimum absolute atomic E-state index is 0.485. The van der Waals surface area contributed by atoms with Crippen LogP contribution in [0.5, 0.6) is 5.75 Å². The Morgan fingerprint density at radius 1 is 1.39 bits per heavy atom. The molecule has 0 aliphatic rings. The molecule has 0 unspecified atom stereocenters. The topological polar surface area (TPSA) is 68.0 Å². The van der Waals surface area contributed by atoms with Crippen molar-refractivity contribution < 1.29 is 9.15 Å². The van der Waals surface area contributed by atoms with E-state index in [0.29, 0.717) is 22.1 Å². The molecule has 2 N–H and O–H groups in total. The molecule has 6 nitrogen and oxygen atoms in total. The minimum Gasteiger partial charge on any atom is -0.495 e. The number of methoxy groups -OCH3 is 1. The highest BCUT2D eigenvalue weighted by Crippen LogP contribution is 2.31. The van der Waals surface area contributed by atoms with Crippen LogP contribution in [0.1, 0.15) is 11.6 Å². The van der Waals surface area contributed by atoms with E-state index >= 15 is 0 Å². The maximum absolute atomic E-state index is 6.15. The van der Waals surface area contributed by atoms with Gasteiger partial charge in [0.2, 0.25) is 4.77 Å². The number of ether oxygens (including phenoxy) is 1. The van der Waals surface area contributed by atoms with Crippen molar-refractivity contribution in [2.24, 2.45) is 0 Å². The van der Waals surface area contributed by atoms with Crippen LogP contribution >= 0.6 is 23.8 Å². The Labute approximate surface area is 143 Å². The van der Waals surface area contributed by atoms with Crippen LogP contribution in [0.25, 0.3) is 11.3 Å². The van der Waals surface area contributed by atoms with Gasteiger partial charge in [0.25, 0.3) is 0 Å². The standard InChI is InChI=1S/C15H15ClN4O2S/c1-9-18-19-15(23)20(9)17-8-11-4-6-13(22-11)10-3-5-14(21-2)12(16)7-10/h3-7,17H,8H2,1-2H3,(H,19,23). The number of hydrogen-bond acceptors (Lipinski definition) is 5. The first-order valence-electron chi connectivity index (χ1n) is 6.89. The summed E-state index contributed by atoms with van der Waals surface area (Å²) in [6, 6.07) is 9.33. The van der Waals surface area contributed by atoms with Crippen molar-refractivity contribution in [1.29, 1.82) is 0 Å². The molecule has 3 aromatic rings. The fourth-order valence-corrected chi connectivity index (χ4v) is 2.67. The largest absolute Gasteiger partial charge is 0.495 e. The number of furan rings is 1. The van der Waals surface area contributed by atoms with E-state index in [1.165, 1.54) is 0 Å². The molecule has 0 spiro atoms. The summed E-state index contributed by atoms with van der Waals surface area (Å²) in [4.78, 5) is 0. The molecule has 2 aromatic heterocycles. The first kappa shape index (κ1) is 15.6. The van der Waals surface area contributed by atoms with Gasteiger partial charge in [-0.25, -0.2) is 4.68 Å². The lowest BCUT2D eigenvalue weighted by atomic mass is 10.2. The number of aromatic nitrogens is 3. The van der Waals surface area contributed by atoms with E-state index in [1.807, 2.05) is 37.3 Å². The molecule has 0 aliphatic heterocycles. The van der Waals surface area contributed by atoms with Crippen LogP contribution in [0.3, 0.4) is 0 Å². The summed E-state index contributed by atoms with van der Waals surface area (Å²) in [6.07, 6.45) is 0. The molecule has 3 rings (SSSR count). The van der Waals surface area contributed by atoms with E-state index in [-0.39, 0.29) is 0 Å². The van der Waals surface area contributed by atoms with Gasteiger partial charge in [0.15, 0.2) is 0 Å². The summed E-state index contributed by atoms with van der Waals surface area (Å²) in [6.45, 7) is 2.34. The average molecular weight is 351 g/mol. The number of benzene rings is 1. The van der Waals surface area contributed by atoms with E-state index < -0.39 is 0 Å². The monoisotopic (exact) mass is 350 g/mol. The van der Waals surface area contributed by atoms with Crippen molar-refractivity contribution in [3.63, 3.8) is 0 Å². The number of nitrogens with one attached hydrogen (secondary N) is 2. The Balaban J connectivity index is 1.75. The van der Waals surface area contributed by atoms with Crippen LogP contribution in [0.2, 0.25) is 5.02 Å². The lowest BCUT2D eigenvalue weighted by molar-refractivity contribution is 0.415. The van der Waals surface area contributed by atoms with Crippen LogP contribution in [0, 0.1) is 11.7 Å². The summed E-state index contributed by atoms with van der Waals surface area (Å²) in [5, 5.41) is 7.29. The fraction of sp³-hybridized carbons (Fsp3) is 0.200. The summed E-state index contributed by atoms with van der Waals surface area (Å²) in [7, 11) is 1.58. The molecule has 2 heterocycles. The third-order valence-corrected chi connectivity index (χ3v) is 3.92. The highest BCUT2D eigenvalue weighted by molar-refractivity contribution is 7.71. The average Bonchev–Trinajstić information content (AvgIpc) is 3.13. The second-order valence-electron chi connectivity index (χ2n) is 4.86. The highest BCUT2D eigenvalue weighted by Gasteiger charge is 2.09. The van der Waals surface area contributed by atoms with Gasteiger partial charge in [-0.15, -0.1) is 0 Å². The molecule has 0 radical (unpaired) electrons. The summed E-state index contributed by atoms with van der Waals surface area (Å²) >= 11 is 11.3. The van der Waals surface area contributed by atoms with Gasteiger partial charge in [-0.1, -0.05) is 11.6 Å². The zero-order valence-electron chi connectivity index (χ0n) is 12.6. The smallest absolute Gasteiger partial charge is 0.214 e. The van der Waals surface area contributed by atoms with Crippen molar-refractivity contribution in [2.75, 3.05) is 12.5 Å². The SMILES string of the molecule is COc1ccc(-c2ccc(CNn3c(C)n[nH]c3=S)o2)cc1Cl. The number of aryl methyl sites for hydroxylation is 1. The zero-order valence-corrected chi connectivity index (χ0v) is 14.2. The van der Waals surface area contributed by atoms with Gasteiger partial charge in [0.1, 0.15) is 23.1 Å². The van der Waals surface area contributed by atoms with Crippen molar-refractivity contribution in [3.05, 3.63) is 51.7 Å². The van der Waals surface area contributed by atoms with Crippen molar-refractivity contribution in [2.45, 2.75) is 13.5 Å². The first-order valence-corrected chi connectivity index (χ1v) is 7.67. The Bertz CT molecular complexity index is 884. The van der Waals surface area contributed by atoms with Gasteiger partial charge in [-0.2, -0.15) is 5.10 Å². The molecular formula is C15H15ClN4O2S. The molecule has 0 fully saturated rings. The summed E-state index contributed by atoms with van der Waals surface area (Å²) < 4.78 is 13.2. The highest BCUT2D eigenvalue weighted by atomic mass is 35.5. The second kappa shape index (κ2) is 6.47. The van der Waals surface area contributed by atoms with Gasteiger partial charge in [0, 0.05) is 5.56 Å². The fourth-order valence-electron chi connectivity index (χ4n) is 2.17. The normalized spacial score (nSPS) is 10.7. The zero-order chi connectivity index (χ0) is 16.4. The lowest BCUT2D eigenvalue weighted by Gasteiger charge is -2.06. The Hall–Kier alpha value is -2.25. The van der Waals surface area contributed by atoms with Crippen molar-refractivity contribution in [1.82, 2.24) is 14.9 Å². The number of aromatic amines is 1. The van der Waals surface area contributed by atoms with Gasteiger partial charge >= 0.3 is 0 Å². The lowest BCUT2D eigenvalue weighted by Crippen LogP contribution is -2.15. The summed E-state index contributed by atoms with van der Waals surface area (Å²) in [5.74, 6) is 2.89. The number of H-pyrrole nitrogens is 1. The van der Waals surface area contributed by atoms with Crippen LogP contribution < -0.4 is 10.2 Å². The molecule has 1 aromatic carbocycles. The number of hydrogen-bond donors (Lipinski definition) is 2. The summed E-state index contributed by atoms with van der Waals surface area (Å²) in [5.41, 5.74) is 4.04. The maximum atomic E-state index is 6.15. The van der Waals surface area contributed by atoms with E-state index in [0.717, 1.165) is 22.9 Å². The predicted molar refractivity (Wildman–Crippen MR) is 90.9 cm³/mol. The molecule has 0 bridgehead atoms. The molecule has 8 heteroatoms. The third-order valence-electron chi connectivity index (χ3n) is 3.35. The molecule has 0 saturated heterocycles. The van der Waals surface area contributed by atoms with Gasteiger partial charge < -0.3 is 14.6 Å². The van der Waals surface area contributed by atoms with Gasteiger partial charge in [0.05, 0.1) is 18.7 Å². The minimum atomic E-state index is 0.485. The molecule has 0 atom stereocenters.